The first-order valence-electron chi connectivity index (χ1n) is 9.69. The number of hydrogen-bond acceptors (Lipinski definition) is 5. The maximum atomic E-state index is 12.9. The highest BCUT2D eigenvalue weighted by molar-refractivity contribution is 7.21. The van der Waals surface area contributed by atoms with Crippen molar-refractivity contribution in [2.45, 2.75) is 19.4 Å². The van der Waals surface area contributed by atoms with Crippen molar-refractivity contribution >= 4 is 39.2 Å². The summed E-state index contributed by atoms with van der Waals surface area (Å²) < 4.78 is 5.87. The molecular formula is C23H22N4O3S. The van der Waals surface area contributed by atoms with E-state index in [2.05, 4.69) is 20.8 Å². The van der Waals surface area contributed by atoms with Gasteiger partial charge in [0.2, 0.25) is 0 Å². The summed E-state index contributed by atoms with van der Waals surface area (Å²) in [4.78, 5) is 26.0. The van der Waals surface area contributed by atoms with Gasteiger partial charge in [-0.15, -0.1) is 11.3 Å². The van der Waals surface area contributed by atoms with Crippen LogP contribution in [0.1, 0.15) is 39.4 Å². The Kier molecular flexibility index (Phi) is 5.48. The third-order valence-electron chi connectivity index (χ3n) is 4.94. The number of thiophene rings is 1. The largest absolute Gasteiger partial charge is 0.497 e. The average molecular weight is 435 g/mol. The van der Waals surface area contributed by atoms with Gasteiger partial charge in [-0.3, -0.25) is 14.7 Å². The topological polar surface area (TPSA) is 96.1 Å². The van der Waals surface area contributed by atoms with Crippen LogP contribution in [0.4, 0.5) is 5.82 Å². The van der Waals surface area contributed by atoms with E-state index in [0.717, 1.165) is 5.56 Å². The second kappa shape index (κ2) is 8.23. The zero-order chi connectivity index (χ0) is 22.0. The van der Waals surface area contributed by atoms with E-state index in [-0.39, 0.29) is 11.8 Å². The summed E-state index contributed by atoms with van der Waals surface area (Å²) in [6, 6.07) is 18.4. The fourth-order valence-corrected chi connectivity index (χ4v) is 4.18. The molecule has 7 nitrogen and oxygen atoms in total. The Labute approximate surface area is 183 Å². The van der Waals surface area contributed by atoms with Crippen molar-refractivity contribution in [2.24, 2.45) is 0 Å². The SMILES string of the molecule is COc1cccc(C(=O)Nc2n[nH]c3cc(C(=O)NC(C)(C)c4ccccc4)sc23)c1. The van der Waals surface area contributed by atoms with Crippen LogP contribution in [0.2, 0.25) is 0 Å². The number of aromatic nitrogens is 2. The number of carbonyl (C=O) groups is 2. The van der Waals surface area contributed by atoms with Crippen LogP contribution in [0.3, 0.4) is 0 Å². The minimum Gasteiger partial charge on any atom is -0.497 e. The predicted octanol–water partition coefficient (Wildman–Crippen LogP) is 4.55. The van der Waals surface area contributed by atoms with Crippen LogP contribution in [0.25, 0.3) is 10.2 Å². The van der Waals surface area contributed by atoms with E-state index < -0.39 is 5.54 Å². The van der Waals surface area contributed by atoms with Crippen LogP contribution in [0.15, 0.2) is 60.7 Å². The molecule has 3 N–H and O–H groups in total. The molecule has 0 unspecified atom stereocenters. The molecule has 0 aliphatic carbocycles. The first-order chi connectivity index (χ1) is 14.9. The Morgan fingerprint density at radius 1 is 1.03 bits per heavy atom. The molecule has 8 heteroatoms. The Morgan fingerprint density at radius 3 is 2.55 bits per heavy atom. The molecule has 2 amide bonds. The van der Waals surface area contributed by atoms with Crippen molar-refractivity contribution in [2.75, 3.05) is 12.4 Å². The second-order valence-corrected chi connectivity index (χ2v) is 8.61. The standard InChI is InChI=1S/C23H22N4O3S/c1-23(2,15-9-5-4-6-10-15)25-22(29)18-13-17-19(31-18)20(27-26-17)24-21(28)14-8-7-11-16(12-14)30-3/h4-13H,1-3H3,(H,25,29)(H2,24,26,27,28). The first kappa shape index (κ1) is 20.6. The van der Waals surface area contributed by atoms with E-state index in [9.17, 15) is 9.59 Å². The van der Waals surface area contributed by atoms with Gasteiger partial charge in [-0.25, -0.2) is 0 Å². The Bertz CT molecular complexity index is 1240. The van der Waals surface area contributed by atoms with E-state index >= 15 is 0 Å². The molecule has 0 saturated heterocycles. The maximum absolute atomic E-state index is 12.9. The molecule has 158 valence electrons. The third kappa shape index (κ3) is 4.29. The lowest BCUT2D eigenvalue weighted by molar-refractivity contribution is 0.0915. The molecule has 0 aliphatic heterocycles. The molecule has 0 atom stereocenters. The highest BCUT2D eigenvalue weighted by Crippen LogP contribution is 2.31. The van der Waals surface area contributed by atoms with Gasteiger partial charge in [0, 0.05) is 5.56 Å². The molecule has 4 aromatic rings. The summed E-state index contributed by atoms with van der Waals surface area (Å²) in [5, 5.41) is 12.9. The van der Waals surface area contributed by atoms with E-state index in [1.54, 1.807) is 37.4 Å². The van der Waals surface area contributed by atoms with Crippen molar-refractivity contribution in [1.82, 2.24) is 15.5 Å². The number of rotatable bonds is 6. The lowest BCUT2D eigenvalue weighted by atomic mass is 9.94. The van der Waals surface area contributed by atoms with Crippen molar-refractivity contribution in [3.8, 4) is 5.75 Å². The molecule has 0 aliphatic rings. The number of hydrogen-bond donors (Lipinski definition) is 3. The van der Waals surface area contributed by atoms with Crippen LogP contribution in [-0.4, -0.2) is 29.1 Å². The Hall–Kier alpha value is -3.65. The van der Waals surface area contributed by atoms with E-state index in [1.165, 1.54) is 11.3 Å². The summed E-state index contributed by atoms with van der Waals surface area (Å²) in [5.74, 6) is 0.482. The third-order valence-corrected chi connectivity index (χ3v) is 6.09. The first-order valence-corrected chi connectivity index (χ1v) is 10.5. The quantitative estimate of drug-likeness (QED) is 0.415. The number of fused-ring (bicyclic) bond motifs is 1. The Balaban J connectivity index is 1.53. The summed E-state index contributed by atoms with van der Waals surface area (Å²) in [5.41, 5.74) is 1.62. The fourth-order valence-electron chi connectivity index (χ4n) is 3.23. The van der Waals surface area contributed by atoms with Gasteiger partial charge in [0.1, 0.15) is 5.75 Å². The van der Waals surface area contributed by atoms with Crippen molar-refractivity contribution in [3.05, 3.63) is 76.7 Å². The van der Waals surface area contributed by atoms with Crippen molar-refractivity contribution in [1.29, 1.82) is 0 Å². The monoisotopic (exact) mass is 434 g/mol. The van der Waals surface area contributed by atoms with Crippen LogP contribution >= 0.6 is 11.3 Å². The van der Waals surface area contributed by atoms with Gasteiger partial charge in [-0.05, 0) is 43.7 Å². The zero-order valence-electron chi connectivity index (χ0n) is 17.4. The lowest BCUT2D eigenvalue weighted by Crippen LogP contribution is -2.40. The number of methoxy groups -OCH3 is 1. The number of amides is 2. The number of benzene rings is 2. The van der Waals surface area contributed by atoms with Crippen LogP contribution in [0.5, 0.6) is 5.75 Å². The lowest BCUT2D eigenvalue weighted by Gasteiger charge is -2.26. The predicted molar refractivity (Wildman–Crippen MR) is 122 cm³/mol. The fraction of sp³-hybridized carbons (Fsp3) is 0.174. The van der Waals surface area contributed by atoms with Gasteiger partial charge in [0.25, 0.3) is 11.8 Å². The molecule has 0 spiro atoms. The summed E-state index contributed by atoms with van der Waals surface area (Å²) in [6.45, 7) is 3.92. The van der Waals surface area contributed by atoms with Gasteiger partial charge in [-0.2, -0.15) is 5.10 Å². The number of carbonyl (C=O) groups excluding carboxylic acids is 2. The smallest absolute Gasteiger partial charge is 0.262 e. The molecule has 31 heavy (non-hydrogen) atoms. The normalized spacial score (nSPS) is 11.3. The molecule has 0 fully saturated rings. The maximum Gasteiger partial charge on any atom is 0.262 e. The average Bonchev–Trinajstić information content (AvgIpc) is 3.36. The van der Waals surface area contributed by atoms with E-state index in [1.807, 2.05) is 44.2 Å². The minimum absolute atomic E-state index is 0.187. The molecule has 0 saturated carbocycles. The number of aromatic amines is 1. The molecule has 2 aromatic carbocycles. The second-order valence-electron chi connectivity index (χ2n) is 7.56. The molecule has 2 heterocycles. The van der Waals surface area contributed by atoms with Gasteiger partial charge < -0.3 is 15.4 Å². The highest BCUT2D eigenvalue weighted by Gasteiger charge is 2.25. The number of nitrogens with one attached hydrogen (secondary N) is 3. The van der Waals surface area contributed by atoms with Crippen molar-refractivity contribution < 1.29 is 14.3 Å². The summed E-state index contributed by atoms with van der Waals surface area (Å²) >= 11 is 1.27. The van der Waals surface area contributed by atoms with Crippen LogP contribution in [0, 0.1) is 0 Å². The molecule has 0 bridgehead atoms. The number of nitrogens with zero attached hydrogens (tertiary/aromatic N) is 1. The van der Waals surface area contributed by atoms with Crippen molar-refractivity contribution in [3.63, 3.8) is 0 Å². The van der Waals surface area contributed by atoms with E-state index in [0.29, 0.717) is 32.2 Å². The van der Waals surface area contributed by atoms with Gasteiger partial charge in [0.05, 0.1) is 27.7 Å². The number of ether oxygens (including phenoxy) is 1. The minimum atomic E-state index is -0.530. The number of anilines is 1. The van der Waals surface area contributed by atoms with Gasteiger partial charge in [0.15, 0.2) is 5.82 Å². The molecule has 2 aromatic heterocycles. The molecule has 0 radical (unpaired) electrons. The van der Waals surface area contributed by atoms with Crippen LogP contribution < -0.4 is 15.4 Å². The van der Waals surface area contributed by atoms with Gasteiger partial charge >= 0.3 is 0 Å². The summed E-state index contributed by atoms with van der Waals surface area (Å²) in [6.07, 6.45) is 0. The number of H-pyrrole nitrogens is 1. The summed E-state index contributed by atoms with van der Waals surface area (Å²) in [7, 11) is 1.55. The van der Waals surface area contributed by atoms with Gasteiger partial charge in [-0.1, -0.05) is 36.4 Å². The molecular weight excluding hydrogens is 412 g/mol. The zero-order valence-corrected chi connectivity index (χ0v) is 18.2. The Morgan fingerprint density at radius 2 is 1.81 bits per heavy atom. The van der Waals surface area contributed by atoms with E-state index in [4.69, 9.17) is 4.74 Å². The highest BCUT2D eigenvalue weighted by atomic mass is 32.1. The molecule has 4 rings (SSSR count). The van der Waals surface area contributed by atoms with Crippen LogP contribution in [-0.2, 0) is 5.54 Å².